The fourth-order valence-electron chi connectivity index (χ4n) is 3.35. The Hall–Kier alpha value is -1.57. The van der Waals surface area contributed by atoms with E-state index >= 15 is 0 Å². The molecular formula is C21H20Cl2O. The predicted molar refractivity (Wildman–Crippen MR) is 102 cm³/mol. The van der Waals surface area contributed by atoms with Crippen LogP contribution in [-0.4, -0.2) is 5.78 Å². The third-order valence-electron chi connectivity index (χ3n) is 5.59. The van der Waals surface area contributed by atoms with Crippen LogP contribution in [0.3, 0.4) is 0 Å². The molecule has 1 nitrogen and oxygen atoms in total. The highest BCUT2D eigenvalue weighted by Gasteiger charge is 2.49. The zero-order chi connectivity index (χ0) is 17.7. The second-order valence-electron chi connectivity index (χ2n) is 7.35. The average molecular weight is 359 g/mol. The van der Waals surface area contributed by atoms with Crippen LogP contribution in [-0.2, 0) is 5.41 Å². The first-order valence-corrected chi connectivity index (χ1v) is 8.73. The summed E-state index contributed by atoms with van der Waals surface area (Å²) >= 11 is 12.3. The number of ketones is 1. The number of hydrogen-bond donors (Lipinski definition) is 0. The molecule has 0 aliphatic heterocycles. The van der Waals surface area contributed by atoms with Gasteiger partial charge >= 0.3 is 0 Å². The van der Waals surface area contributed by atoms with Crippen molar-refractivity contribution in [2.75, 3.05) is 0 Å². The third-order valence-corrected chi connectivity index (χ3v) is 6.15. The van der Waals surface area contributed by atoms with Crippen LogP contribution >= 0.6 is 23.2 Å². The summed E-state index contributed by atoms with van der Waals surface area (Å²) in [6, 6.07) is 13.2. The first-order chi connectivity index (χ1) is 11.2. The summed E-state index contributed by atoms with van der Waals surface area (Å²) in [5.74, 6) is 0.0703. The van der Waals surface area contributed by atoms with E-state index in [0.29, 0.717) is 10.0 Å². The minimum absolute atomic E-state index is 0.0703. The van der Waals surface area contributed by atoms with Crippen LogP contribution in [0.2, 0.25) is 10.0 Å². The van der Waals surface area contributed by atoms with E-state index in [9.17, 15) is 4.79 Å². The minimum Gasteiger partial charge on any atom is -0.289 e. The lowest BCUT2D eigenvalue weighted by Crippen LogP contribution is -2.45. The molecule has 124 valence electrons. The van der Waals surface area contributed by atoms with Crippen molar-refractivity contribution in [2.45, 2.75) is 33.1 Å². The number of benzene rings is 2. The summed E-state index contributed by atoms with van der Waals surface area (Å²) < 4.78 is 0. The summed E-state index contributed by atoms with van der Waals surface area (Å²) in [5, 5.41) is 1.14. The number of fused-ring (bicyclic) bond motifs is 1. The number of allylic oxidation sites excluding steroid dienone is 1. The lowest BCUT2D eigenvalue weighted by atomic mass is 9.55. The van der Waals surface area contributed by atoms with Crippen molar-refractivity contribution in [3.8, 4) is 0 Å². The van der Waals surface area contributed by atoms with Crippen LogP contribution in [0.15, 0.2) is 48.0 Å². The van der Waals surface area contributed by atoms with E-state index in [0.717, 1.165) is 22.3 Å². The highest BCUT2D eigenvalue weighted by atomic mass is 35.5. The van der Waals surface area contributed by atoms with Crippen molar-refractivity contribution in [2.24, 2.45) is 5.41 Å². The van der Waals surface area contributed by atoms with E-state index in [-0.39, 0.29) is 16.6 Å². The van der Waals surface area contributed by atoms with E-state index in [2.05, 4.69) is 33.8 Å². The number of carbonyl (C=O) groups is 1. The van der Waals surface area contributed by atoms with Crippen molar-refractivity contribution in [3.05, 3.63) is 74.8 Å². The number of hydrogen-bond acceptors (Lipinski definition) is 1. The normalized spacial score (nSPS) is 20.1. The summed E-state index contributed by atoms with van der Waals surface area (Å²) in [6.07, 6.45) is 1.92. The highest BCUT2D eigenvalue weighted by Crippen LogP contribution is 2.52. The molecule has 0 spiro atoms. The second-order valence-corrected chi connectivity index (χ2v) is 8.19. The van der Waals surface area contributed by atoms with Crippen LogP contribution in [0.5, 0.6) is 0 Å². The fraction of sp³-hybridized carbons (Fsp3) is 0.286. The Bertz CT molecular complexity index is 860. The number of carbonyl (C=O) groups excluding carboxylic acids is 1. The van der Waals surface area contributed by atoms with E-state index in [1.165, 1.54) is 0 Å². The molecule has 0 amide bonds. The maximum Gasteiger partial charge on any atom is 0.189 e. The van der Waals surface area contributed by atoms with Gasteiger partial charge in [-0.2, -0.15) is 0 Å². The largest absolute Gasteiger partial charge is 0.289 e. The van der Waals surface area contributed by atoms with Gasteiger partial charge in [-0.25, -0.2) is 0 Å². The summed E-state index contributed by atoms with van der Waals surface area (Å²) in [5.41, 5.74) is 2.95. The van der Waals surface area contributed by atoms with Gasteiger partial charge in [-0.05, 0) is 34.8 Å². The van der Waals surface area contributed by atoms with E-state index in [1.807, 2.05) is 30.3 Å². The predicted octanol–water partition coefficient (Wildman–Crippen LogP) is 6.58. The molecule has 0 radical (unpaired) electrons. The highest BCUT2D eigenvalue weighted by molar-refractivity contribution is 6.35. The van der Waals surface area contributed by atoms with Gasteiger partial charge in [0.15, 0.2) is 5.78 Å². The zero-order valence-electron chi connectivity index (χ0n) is 14.3. The minimum atomic E-state index is -0.332. The number of Topliss-reactive ketones (excluding diaryl/α,β-unsaturated/α-hetero) is 1. The molecule has 0 atom stereocenters. The van der Waals surface area contributed by atoms with Crippen molar-refractivity contribution < 1.29 is 4.79 Å². The lowest BCUT2D eigenvalue weighted by Gasteiger charge is -2.48. The Morgan fingerprint density at radius 2 is 1.58 bits per heavy atom. The van der Waals surface area contributed by atoms with Crippen LogP contribution < -0.4 is 0 Å². The first kappa shape index (κ1) is 17.3. The molecule has 0 heterocycles. The molecule has 24 heavy (non-hydrogen) atoms. The maximum absolute atomic E-state index is 13.2. The van der Waals surface area contributed by atoms with Crippen LogP contribution in [0.25, 0.3) is 6.08 Å². The smallest absolute Gasteiger partial charge is 0.189 e. The van der Waals surface area contributed by atoms with Crippen molar-refractivity contribution in [3.63, 3.8) is 0 Å². The Kier molecular flexibility index (Phi) is 4.14. The zero-order valence-corrected chi connectivity index (χ0v) is 15.8. The molecule has 1 aliphatic rings. The Morgan fingerprint density at radius 3 is 2.25 bits per heavy atom. The van der Waals surface area contributed by atoms with Gasteiger partial charge in [0, 0.05) is 26.6 Å². The molecular weight excluding hydrogens is 339 g/mol. The summed E-state index contributed by atoms with van der Waals surface area (Å²) in [6.45, 7) is 8.62. The van der Waals surface area contributed by atoms with Gasteiger partial charge in [0.2, 0.25) is 0 Å². The van der Waals surface area contributed by atoms with Crippen LogP contribution in [0, 0.1) is 5.41 Å². The average Bonchev–Trinajstić information content (AvgIpc) is 2.52. The molecule has 0 fully saturated rings. The number of halogens is 2. The first-order valence-electron chi connectivity index (χ1n) is 7.97. The van der Waals surface area contributed by atoms with Gasteiger partial charge in [-0.3, -0.25) is 4.79 Å². The van der Waals surface area contributed by atoms with E-state index in [1.54, 1.807) is 12.1 Å². The van der Waals surface area contributed by atoms with Gasteiger partial charge in [-0.15, -0.1) is 0 Å². The summed E-state index contributed by atoms with van der Waals surface area (Å²) in [7, 11) is 0. The molecule has 0 aromatic heterocycles. The third kappa shape index (κ3) is 2.51. The Morgan fingerprint density at radius 1 is 0.917 bits per heavy atom. The van der Waals surface area contributed by atoms with Crippen LogP contribution in [0.1, 0.15) is 49.2 Å². The Labute approximate surface area is 153 Å². The van der Waals surface area contributed by atoms with E-state index in [4.69, 9.17) is 23.2 Å². The van der Waals surface area contributed by atoms with Crippen molar-refractivity contribution in [1.82, 2.24) is 0 Å². The molecule has 0 unspecified atom stereocenters. The van der Waals surface area contributed by atoms with Crippen molar-refractivity contribution >= 4 is 35.1 Å². The molecule has 0 saturated carbocycles. The lowest BCUT2D eigenvalue weighted by molar-refractivity contribution is 0.0955. The van der Waals surface area contributed by atoms with Crippen molar-refractivity contribution in [1.29, 1.82) is 0 Å². The van der Waals surface area contributed by atoms with Gasteiger partial charge in [-0.1, -0.05) is 81.2 Å². The quantitative estimate of drug-likeness (QED) is 0.526. The molecule has 2 aromatic carbocycles. The molecule has 1 aliphatic carbocycles. The van der Waals surface area contributed by atoms with E-state index < -0.39 is 0 Å². The molecule has 0 saturated heterocycles. The standard InChI is InChI=1S/C21H20Cl2O/c1-20(2)16-8-6-5-7-15(16)19(24)17(21(20,3)4)11-13-9-10-14(22)12-18(13)23/h5-12H,1-4H3. The SMILES string of the molecule is CC1(C)C(=Cc2ccc(Cl)cc2Cl)C(=O)c2ccccc2C1(C)C. The topological polar surface area (TPSA) is 17.1 Å². The monoisotopic (exact) mass is 358 g/mol. The number of rotatable bonds is 1. The molecule has 0 bridgehead atoms. The summed E-state index contributed by atoms with van der Waals surface area (Å²) in [4.78, 5) is 13.2. The maximum atomic E-state index is 13.2. The van der Waals surface area contributed by atoms with Gasteiger partial charge in [0.1, 0.15) is 0 Å². The molecule has 3 heteroatoms. The van der Waals surface area contributed by atoms with Gasteiger partial charge in [0.05, 0.1) is 0 Å². The van der Waals surface area contributed by atoms with Crippen LogP contribution in [0.4, 0.5) is 0 Å². The fourth-order valence-corrected chi connectivity index (χ4v) is 3.81. The molecule has 3 rings (SSSR count). The Balaban J connectivity index is 2.25. The van der Waals surface area contributed by atoms with Gasteiger partial charge < -0.3 is 0 Å². The second kappa shape index (κ2) is 5.75. The molecule has 0 N–H and O–H groups in total. The van der Waals surface area contributed by atoms with Gasteiger partial charge in [0.25, 0.3) is 0 Å². The molecule has 2 aromatic rings.